The van der Waals surface area contributed by atoms with Crippen LogP contribution in [0, 0.1) is 0 Å². The van der Waals surface area contributed by atoms with Crippen LogP contribution in [0.5, 0.6) is 0 Å². The Morgan fingerprint density at radius 1 is 1.04 bits per heavy atom. The molecule has 28 heavy (non-hydrogen) atoms. The van der Waals surface area contributed by atoms with Gasteiger partial charge < -0.3 is 5.32 Å². The molecule has 0 radical (unpaired) electrons. The highest BCUT2D eigenvalue weighted by Crippen LogP contribution is 2.17. The summed E-state index contributed by atoms with van der Waals surface area (Å²) in [6, 6.07) is 13.5. The van der Waals surface area contributed by atoms with Crippen molar-refractivity contribution >= 4 is 17.3 Å². The summed E-state index contributed by atoms with van der Waals surface area (Å²) >= 11 is 6.26. The summed E-state index contributed by atoms with van der Waals surface area (Å²) in [5, 5.41) is 7.49. The number of halogens is 1. The van der Waals surface area contributed by atoms with Gasteiger partial charge in [-0.3, -0.25) is 9.36 Å². The Balaban J connectivity index is 1.45. The summed E-state index contributed by atoms with van der Waals surface area (Å²) in [6.07, 6.45) is 8.55. The van der Waals surface area contributed by atoms with Gasteiger partial charge in [0, 0.05) is 25.1 Å². The predicted molar refractivity (Wildman–Crippen MR) is 108 cm³/mol. The molecule has 0 aliphatic carbocycles. The standard InChI is InChI=1S/C20H17ClN6O/c21-19-17(12-25-27(20(19)28)13-15-4-2-1-3-5-15)23-10-16-6-7-18(24-11-16)26-9-8-22-14-26/h1-9,11-12,14,23H,10,13H2. The van der Waals surface area contributed by atoms with Crippen molar-refractivity contribution in [3.05, 3.63) is 100 Å². The first-order valence-electron chi connectivity index (χ1n) is 8.67. The van der Waals surface area contributed by atoms with E-state index in [2.05, 4.69) is 20.4 Å². The topological polar surface area (TPSA) is 77.6 Å². The first-order valence-corrected chi connectivity index (χ1v) is 9.05. The number of hydrogen-bond donors (Lipinski definition) is 1. The lowest BCUT2D eigenvalue weighted by Gasteiger charge is -2.11. The van der Waals surface area contributed by atoms with Crippen LogP contribution in [0.15, 0.2) is 78.4 Å². The number of imidazole rings is 1. The van der Waals surface area contributed by atoms with Crippen LogP contribution >= 0.6 is 11.6 Å². The van der Waals surface area contributed by atoms with Gasteiger partial charge in [0.25, 0.3) is 5.56 Å². The second-order valence-electron chi connectivity index (χ2n) is 6.17. The lowest BCUT2D eigenvalue weighted by Crippen LogP contribution is -2.24. The highest BCUT2D eigenvalue weighted by Gasteiger charge is 2.10. The first-order chi connectivity index (χ1) is 13.7. The Hall–Kier alpha value is -3.45. The van der Waals surface area contributed by atoms with E-state index in [4.69, 9.17) is 11.6 Å². The molecule has 0 bridgehead atoms. The van der Waals surface area contributed by atoms with Crippen molar-refractivity contribution < 1.29 is 0 Å². The molecule has 0 saturated heterocycles. The second kappa shape index (κ2) is 8.06. The zero-order valence-corrected chi connectivity index (χ0v) is 15.6. The molecule has 0 saturated carbocycles. The summed E-state index contributed by atoms with van der Waals surface area (Å²) in [7, 11) is 0. The van der Waals surface area contributed by atoms with Crippen molar-refractivity contribution in [2.24, 2.45) is 0 Å². The molecule has 0 aliphatic rings. The van der Waals surface area contributed by atoms with Gasteiger partial charge in [0.1, 0.15) is 17.2 Å². The summed E-state index contributed by atoms with van der Waals surface area (Å²) in [6.45, 7) is 0.847. The fourth-order valence-corrected chi connectivity index (χ4v) is 2.94. The third-order valence-electron chi connectivity index (χ3n) is 4.22. The summed E-state index contributed by atoms with van der Waals surface area (Å²) < 4.78 is 3.18. The van der Waals surface area contributed by atoms with Gasteiger partial charge in [0.15, 0.2) is 0 Å². The molecular weight excluding hydrogens is 376 g/mol. The minimum absolute atomic E-state index is 0.119. The highest BCUT2D eigenvalue weighted by atomic mass is 35.5. The quantitative estimate of drug-likeness (QED) is 0.545. The largest absolute Gasteiger partial charge is 0.378 e. The molecule has 0 spiro atoms. The number of hydrogen-bond acceptors (Lipinski definition) is 5. The van der Waals surface area contributed by atoms with Crippen LogP contribution in [0.3, 0.4) is 0 Å². The first kappa shape index (κ1) is 17.9. The third kappa shape index (κ3) is 3.94. The van der Waals surface area contributed by atoms with Crippen LogP contribution in [0.1, 0.15) is 11.1 Å². The summed E-state index contributed by atoms with van der Waals surface area (Å²) in [5.41, 5.74) is 2.10. The minimum Gasteiger partial charge on any atom is -0.378 e. The number of aromatic nitrogens is 5. The van der Waals surface area contributed by atoms with Gasteiger partial charge in [-0.2, -0.15) is 5.10 Å². The number of pyridine rings is 1. The number of nitrogens with one attached hydrogen (secondary N) is 1. The Kier molecular flexibility index (Phi) is 5.16. The maximum absolute atomic E-state index is 12.5. The maximum atomic E-state index is 12.5. The molecule has 0 atom stereocenters. The minimum atomic E-state index is -0.330. The lowest BCUT2D eigenvalue weighted by molar-refractivity contribution is 0.640. The Labute approximate surface area is 166 Å². The van der Waals surface area contributed by atoms with E-state index < -0.39 is 0 Å². The van der Waals surface area contributed by atoms with Crippen molar-refractivity contribution in [3.8, 4) is 5.82 Å². The molecule has 4 rings (SSSR count). The zero-order chi connectivity index (χ0) is 19.3. The van der Waals surface area contributed by atoms with Gasteiger partial charge in [-0.25, -0.2) is 14.6 Å². The van der Waals surface area contributed by atoms with Gasteiger partial charge in [-0.05, 0) is 17.2 Å². The number of nitrogens with zero attached hydrogens (tertiary/aromatic N) is 5. The average Bonchev–Trinajstić information content (AvgIpc) is 3.27. The van der Waals surface area contributed by atoms with E-state index in [1.807, 2.05) is 53.2 Å². The third-order valence-corrected chi connectivity index (χ3v) is 4.59. The van der Waals surface area contributed by atoms with Gasteiger partial charge in [0.2, 0.25) is 0 Å². The van der Waals surface area contributed by atoms with E-state index in [0.717, 1.165) is 16.9 Å². The van der Waals surface area contributed by atoms with Crippen LogP contribution in [-0.2, 0) is 13.1 Å². The number of rotatable bonds is 6. The molecule has 7 nitrogen and oxygen atoms in total. The maximum Gasteiger partial charge on any atom is 0.287 e. The van der Waals surface area contributed by atoms with Gasteiger partial charge >= 0.3 is 0 Å². The zero-order valence-electron chi connectivity index (χ0n) is 14.9. The molecule has 0 fully saturated rings. The van der Waals surface area contributed by atoms with Crippen LogP contribution < -0.4 is 10.9 Å². The van der Waals surface area contributed by atoms with Crippen molar-refractivity contribution in [2.75, 3.05) is 5.32 Å². The molecule has 8 heteroatoms. The number of benzene rings is 1. The molecule has 0 unspecified atom stereocenters. The Morgan fingerprint density at radius 3 is 2.61 bits per heavy atom. The van der Waals surface area contributed by atoms with Crippen molar-refractivity contribution in [3.63, 3.8) is 0 Å². The van der Waals surface area contributed by atoms with Crippen LogP contribution in [0.2, 0.25) is 5.02 Å². The van der Waals surface area contributed by atoms with E-state index in [1.165, 1.54) is 4.68 Å². The van der Waals surface area contributed by atoms with Crippen molar-refractivity contribution in [1.82, 2.24) is 24.3 Å². The predicted octanol–water partition coefficient (Wildman–Crippen LogP) is 3.14. The second-order valence-corrected chi connectivity index (χ2v) is 6.55. The lowest BCUT2D eigenvalue weighted by atomic mass is 10.2. The SMILES string of the molecule is O=c1c(Cl)c(NCc2ccc(-n3ccnc3)nc2)cnn1Cc1ccccc1. The molecule has 0 aliphatic heterocycles. The van der Waals surface area contributed by atoms with E-state index in [0.29, 0.717) is 18.8 Å². The fraction of sp³-hybridized carbons (Fsp3) is 0.100. The van der Waals surface area contributed by atoms with E-state index in [-0.39, 0.29) is 10.6 Å². The van der Waals surface area contributed by atoms with Crippen molar-refractivity contribution in [1.29, 1.82) is 0 Å². The average molecular weight is 393 g/mol. The molecule has 4 aromatic rings. The molecule has 1 aromatic carbocycles. The van der Waals surface area contributed by atoms with E-state index in [1.54, 1.807) is 24.9 Å². The van der Waals surface area contributed by atoms with Crippen LogP contribution in [0.4, 0.5) is 5.69 Å². The molecule has 3 aromatic heterocycles. The Morgan fingerprint density at radius 2 is 1.89 bits per heavy atom. The number of anilines is 1. The highest BCUT2D eigenvalue weighted by molar-refractivity contribution is 6.32. The molecular formula is C20H17ClN6O. The van der Waals surface area contributed by atoms with E-state index >= 15 is 0 Å². The van der Waals surface area contributed by atoms with E-state index in [9.17, 15) is 4.79 Å². The summed E-state index contributed by atoms with van der Waals surface area (Å²) in [5.74, 6) is 0.782. The normalized spacial score (nSPS) is 10.8. The monoisotopic (exact) mass is 392 g/mol. The molecule has 0 amide bonds. The van der Waals surface area contributed by atoms with Crippen molar-refractivity contribution in [2.45, 2.75) is 13.1 Å². The molecule has 3 heterocycles. The Bertz CT molecular complexity index is 1110. The van der Waals surface area contributed by atoms with Crippen LogP contribution in [0.25, 0.3) is 5.82 Å². The van der Waals surface area contributed by atoms with Gasteiger partial charge in [-0.15, -0.1) is 0 Å². The molecule has 1 N–H and O–H groups in total. The van der Waals surface area contributed by atoms with Gasteiger partial charge in [-0.1, -0.05) is 48.0 Å². The summed E-state index contributed by atoms with van der Waals surface area (Å²) in [4.78, 5) is 20.9. The van der Waals surface area contributed by atoms with Crippen LogP contribution in [-0.4, -0.2) is 24.3 Å². The molecule has 140 valence electrons. The smallest absolute Gasteiger partial charge is 0.287 e. The van der Waals surface area contributed by atoms with Gasteiger partial charge in [0.05, 0.1) is 18.4 Å². The fourth-order valence-electron chi connectivity index (χ4n) is 2.72.